The summed E-state index contributed by atoms with van der Waals surface area (Å²) in [5, 5.41) is 9.35. The van der Waals surface area contributed by atoms with Gasteiger partial charge in [-0.15, -0.1) is 0 Å². The Balaban J connectivity index is 1.89. The number of hydrogen-bond donors (Lipinski definition) is 0. The van der Waals surface area contributed by atoms with Gasteiger partial charge in [0.05, 0.1) is 12.7 Å². The lowest BCUT2D eigenvalue weighted by atomic mass is 10.1. The molecule has 1 aromatic carbocycles. The number of carbonyl (C=O) groups is 1. The molecule has 1 atom stereocenters. The number of rotatable bonds is 5. The van der Waals surface area contributed by atoms with Gasteiger partial charge in [-0.25, -0.2) is 0 Å². The van der Waals surface area contributed by atoms with Crippen LogP contribution >= 0.6 is 0 Å². The molecule has 0 saturated carbocycles. The van der Waals surface area contributed by atoms with Crippen molar-refractivity contribution in [3.05, 3.63) is 29.3 Å². The Morgan fingerprint density at radius 3 is 2.39 bits per heavy atom. The molecule has 0 spiro atoms. The molecule has 1 heterocycles. The van der Waals surface area contributed by atoms with Crippen molar-refractivity contribution in [2.45, 2.75) is 46.0 Å². The van der Waals surface area contributed by atoms with Crippen LogP contribution < -0.4 is 4.74 Å². The molecule has 1 fully saturated rings. The first-order chi connectivity index (χ1) is 11.1. The highest BCUT2D eigenvalue weighted by molar-refractivity contribution is 5.81. The third kappa shape index (κ3) is 4.72. The lowest BCUT2D eigenvalue weighted by molar-refractivity contribution is -0.134. The van der Waals surface area contributed by atoms with E-state index >= 15 is 0 Å². The minimum atomic E-state index is -0.600. The van der Waals surface area contributed by atoms with Gasteiger partial charge in [-0.05, 0) is 37.8 Å². The van der Waals surface area contributed by atoms with E-state index in [4.69, 9.17) is 4.74 Å². The topological polar surface area (TPSA) is 53.3 Å². The maximum atomic E-state index is 12.5. The standard InChI is InChI=1S/C19H26N2O2/c1-15-8-7-9-16(2)18(15)23-13-10-17(14-20)19(22)21-11-5-3-4-6-12-21/h7-9,17H,3-6,10-13H2,1-2H3. The fourth-order valence-electron chi connectivity index (χ4n) is 3.06. The molecule has 1 aliphatic heterocycles. The monoisotopic (exact) mass is 314 g/mol. The first-order valence-corrected chi connectivity index (χ1v) is 8.51. The minimum Gasteiger partial charge on any atom is -0.493 e. The molecule has 0 N–H and O–H groups in total. The SMILES string of the molecule is Cc1cccc(C)c1OCCC(C#N)C(=O)N1CCCCCC1. The first-order valence-electron chi connectivity index (χ1n) is 8.51. The molecule has 0 bridgehead atoms. The molecular weight excluding hydrogens is 288 g/mol. The summed E-state index contributed by atoms with van der Waals surface area (Å²) < 4.78 is 5.84. The summed E-state index contributed by atoms with van der Waals surface area (Å²) >= 11 is 0. The van der Waals surface area contributed by atoms with Crippen LogP contribution in [0.2, 0.25) is 0 Å². The van der Waals surface area contributed by atoms with Gasteiger partial charge in [0.1, 0.15) is 11.7 Å². The van der Waals surface area contributed by atoms with E-state index in [9.17, 15) is 10.1 Å². The second-order valence-electron chi connectivity index (χ2n) is 6.28. The summed E-state index contributed by atoms with van der Waals surface area (Å²) in [4.78, 5) is 14.4. The highest BCUT2D eigenvalue weighted by Gasteiger charge is 2.24. The number of para-hydroxylation sites is 1. The van der Waals surface area contributed by atoms with E-state index in [1.54, 1.807) is 0 Å². The highest BCUT2D eigenvalue weighted by atomic mass is 16.5. The van der Waals surface area contributed by atoms with Crippen molar-refractivity contribution in [1.82, 2.24) is 4.90 Å². The quantitative estimate of drug-likeness (QED) is 0.834. The van der Waals surface area contributed by atoms with Crippen LogP contribution in [-0.4, -0.2) is 30.5 Å². The molecule has 4 heteroatoms. The molecule has 0 aliphatic carbocycles. The second kappa shape index (κ2) is 8.57. The maximum absolute atomic E-state index is 12.5. The van der Waals surface area contributed by atoms with E-state index in [1.807, 2.05) is 36.9 Å². The number of nitriles is 1. The molecule has 0 radical (unpaired) electrons. The van der Waals surface area contributed by atoms with Crippen LogP contribution in [0.25, 0.3) is 0 Å². The number of likely N-dealkylation sites (tertiary alicyclic amines) is 1. The number of hydrogen-bond acceptors (Lipinski definition) is 3. The first kappa shape index (κ1) is 17.3. The Kier molecular flexibility index (Phi) is 6.46. The molecule has 0 aromatic heterocycles. The van der Waals surface area contributed by atoms with Crippen molar-refractivity contribution in [1.29, 1.82) is 5.26 Å². The maximum Gasteiger partial charge on any atom is 0.240 e. The van der Waals surface area contributed by atoms with E-state index in [1.165, 1.54) is 12.8 Å². The number of nitrogens with zero attached hydrogens (tertiary/aromatic N) is 2. The number of carbonyl (C=O) groups excluding carboxylic acids is 1. The van der Waals surface area contributed by atoms with Crippen LogP contribution in [0, 0.1) is 31.1 Å². The molecule has 4 nitrogen and oxygen atoms in total. The van der Waals surface area contributed by atoms with Crippen LogP contribution in [0.3, 0.4) is 0 Å². The second-order valence-corrected chi connectivity index (χ2v) is 6.28. The molecule has 124 valence electrons. The van der Waals surface area contributed by atoms with E-state index in [2.05, 4.69) is 6.07 Å². The predicted octanol–water partition coefficient (Wildman–Crippen LogP) is 3.61. The number of ether oxygens (including phenoxy) is 1. The lowest BCUT2D eigenvalue weighted by Crippen LogP contribution is -2.37. The lowest BCUT2D eigenvalue weighted by Gasteiger charge is -2.23. The molecule has 2 rings (SSSR count). The fourth-order valence-corrected chi connectivity index (χ4v) is 3.06. The highest BCUT2D eigenvalue weighted by Crippen LogP contribution is 2.23. The Hall–Kier alpha value is -2.02. The molecular formula is C19H26N2O2. The summed E-state index contributed by atoms with van der Waals surface area (Å²) in [6.07, 6.45) is 4.89. The zero-order valence-corrected chi connectivity index (χ0v) is 14.2. The van der Waals surface area contributed by atoms with E-state index in [-0.39, 0.29) is 5.91 Å². The number of amides is 1. The van der Waals surface area contributed by atoms with Crippen molar-refractivity contribution >= 4 is 5.91 Å². The average Bonchev–Trinajstić information content (AvgIpc) is 2.82. The van der Waals surface area contributed by atoms with Gasteiger partial charge >= 0.3 is 0 Å². The van der Waals surface area contributed by atoms with Crippen LogP contribution in [0.5, 0.6) is 5.75 Å². The Morgan fingerprint density at radius 2 is 1.83 bits per heavy atom. The number of aryl methyl sites for hydroxylation is 2. The summed E-state index contributed by atoms with van der Waals surface area (Å²) in [5.41, 5.74) is 2.16. The number of benzene rings is 1. The Bertz CT molecular complexity index is 549. The van der Waals surface area contributed by atoms with Gasteiger partial charge in [-0.3, -0.25) is 4.79 Å². The summed E-state index contributed by atoms with van der Waals surface area (Å²) in [7, 11) is 0. The van der Waals surface area contributed by atoms with Gasteiger partial charge in [0.15, 0.2) is 0 Å². The van der Waals surface area contributed by atoms with Crippen molar-refractivity contribution < 1.29 is 9.53 Å². The largest absolute Gasteiger partial charge is 0.493 e. The third-order valence-electron chi connectivity index (χ3n) is 4.43. The van der Waals surface area contributed by atoms with Gasteiger partial charge < -0.3 is 9.64 Å². The predicted molar refractivity (Wildman–Crippen MR) is 90.2 cm³/mol. The van der Waals surface area contributed by atoms with Crippen molar-refractivity contribution in [2.24, 2.45) is 5.92 Å². The van der Waals surface area contributed by atoms with E-state index in [0.29, 0.717) is 13.0 Å². The van der Waals surface area contributed by atoms with Gasteiger partial charge in [0.25, 0.3) is 0 Å². The molecule has 1 amide bonds. The molecule has 1 unspecified atom stereocenters. The normalized spacial score (nSPS) is 16.3. The smallest absolute Gasteiger partial charge is 0.240 e. The van der Waals surface area contributed by atoms with Crippen LogP contribution in [-0.2, 0) is 4.79 Å². The third-order valence-corrected chi connectivity index (χ3v) is 4.43. The van der Waals surface area contributed by atoms with Crippen molar-refractivity contribution in [2.75, 3.05) is 19.7 Å². The molecule has 23 heavy (non-hydrogen) atoms. The van der Waals surface area contributed by atoms with Gasteiger partial charge in [0, 0.05) is 19.5 Å². The van der Waals surface area contributed by atoms with Gasteiger partial charge in [0.2, 0.25) is 5.91 Å². The van der Waals surface area contributed by atoms with E-state index in [0.717, 1.165) is 42.8 Å². The molecule has 1 saturated heterocycles. The van der Waals surface area contributed by atoms with Gasteiger partial charge in [-0.1, -0.05) is 31.0 Å². The average molecular weight is 314 g/mol. The van der Waals surface area contributed by atoms with Crippen LogP contribution in [0.1, 0.15) is 43.2 Å². The van der Waals surface area contributed by atoms with Crippen molar-refractivity contribution in [3.63, 3.8) is 0 Å². The zero-order chi connectivity index (χ0) is 16.7. The summed E-state index contributed by atoms with van der Waals surface area (Å²) in [6, 6.07) is 8.18. The molecule has 1 aliphatic rings. The van der Waals surface area contributed by atoms with Crippen molar-refractivity contribution in [3.8, 4) is 11.8 Å². The Morgan fingerprint density at radius 1 is 1.22 bits per heavy atom. The van der Waals surface area contributed by atoms with Crippen LogP contribution in [0.15, 0.2) is 18.2 Å². The van der Waals surface area contributed by atoms with E-state index < -0.39 is 5.92 Å². The Labute approximate surface area is 139 Å². The molecule has 1 aromatic rings. The fraction of sp³-hybridized carbons (Fsp3) is 0.579. The zero-order valence-electron chi connectivity index (χ0n) is 14.2. The van der Waals surface area contributed by atoms with Gasteiger partial charge in [-0.2, -0.15) is 5.26 Å². The van der Waals surface area contributed by atoms with Crippen LogP contribution in [0.4, 0.5) is 0 Å². The summed E-state index contributed by atoms with van der Waals surface area (Å²) in [5.74, 6) is 0.239. The minimum absolute atomic E-state index is 0.0282. The summed E-state index contributed by atoms with van der Waals surface area (Å²) in [6.45, 7) is 5.98.